The Morgan fingerprint density at radius 2 is 2.17 bits per heavy atom. The first kappa shape index (κ1) is 8.71. The van der Waals surface area contributed by atoms with Crippen LogP contribution in [0, 0.1) is 0 Å². The Labute approximate surface area is 71.8 Å². The number of carbonyl (C=O) groups excluding carboxylic acids is 1. The van der Waals surface area contributed by atoms with E-state index in [0.717, 1.165) is 12.1 Å². The summed E-state index contributed by atoms with van der Waals surface area (Å²) in [5.74, 6) is 0.0590. The van der Waals surface area contributed by atoms with Gasteiger partial charge in [0.1, 0.15) is 0 Å². The van der Waals surface area contributed by atoms with E-state index < -0.39 is 0 Å². The van der Waals surface area contributed by atoms with Crippen molar-refractivity contribution in [2.24, 2.45) is 0 Å². The van der Waals surface area contributed by atoms with Gasteiger partial charge in [-0.25, -0.2) is 0 Å². The monoisotopic (exact) mass is 164 g/mol. The maximum atomic E-state index is 11.1. The molecule has 64 valence electrons. The molecule has 0 radical (unpaired) electrons. The van der Waals surface area contributed by atoms with Crippen molar-refractivity contribution in [3.05, 3.63) is 24.5 Å². The molecule has 12 heavy (non-hydrogen) atoms. The van der Waals surface area contributed by atoms with E-state index in [0.29, 0.717) is 6.42 Å². The number of anilines is 1. The number of amides is 1. The second-order valence-electron chi connectivity index (χ2n) is 2.53. The third-order valence-corrected chi connectivity index (χ3v) is 1.44. The Morgan fingerprint density at radius 3 is 2.75 bits per heavy atom. The van der Waals surface area contributed by atoms with Crippen LogP contribution in [0.1, 0.15) is 19.8 Å². The fourth-order valence-corrected chi connectivity index (χ4v) is 0.886. The lowest BCUT2D eigenvalue weighted by Gasteiger charge is -2.01. The molecule has 0 unspecified atom stereocenters. The van der Waals surface area contributed by atoms with Gasteiger partial charge in [-0.3, -0.25) is 9.78 Å². The van der Waals surface area contributed by atoms with Crippen LogP contribution in [0.4, 0.5) is 5.69 Å². The quantitative estimate of drug-likeness (QED) is 0.740. The zero-order valence-electron chi connectivity index (χ0n) is 7.08. The highest BCUT2D eigenvalue weighted by molar-refractivity contribution is 5.90. The van der Waals surface area contributed by atoms with Crippen molar-refractivity contribution in [2.75, 3.05) is 5.32 Å². The van der Waals surface area contributed by atoms with Crippen LogP contribution in [0.2, 0.25) is 0 Å². The summed E-state index contributed by atoms with van der Waals surface area (Å²) in [6.45, 7) is 1.98. The van der Waals surface area contributed by atoms with Gasteiger partial charge in [0, 0.05) is 24.5 Å². The molecule has 1 amide bonds. The number of carbonyl (C=O) groups is 1. The van der Waals surface area contributed by atoms with Crippen molar-refractivity contribution >= 4 is 11.6 Å². The van der Waals surface area contributed by atoms with Crippen molar-refractivity contribution in [2.45, 2.75) is 19.8 Å². The zero-order chi connectivity index (χ0) is 8.81. The SMILES string of the molecule is CCCC(=O)Nc1ccncc1. The summed E-state index contributed by atoms with van der Waals surface area (Å²) >= 11 is 0. The molecule has 0 aromatic carbocycles. The minimum atomic E-state index is 0.0590. The van der Waals surface area contributed by atoms with Crippen LogP contribution in [0.3, 0.4) is 0 Å². The maximum absolute atomic E-state index is 11.1. The van der Waals surface area contributed by atoms with E-state index in [1.165, 1.54) is 0 Å². The molecule has 1 N–H and O–H groups in total. The molecule has 0 bridgehead atoms. The second-order valence-corrected chi connectivity index (χ2v) is 2.53. The van der Waals surface area contributed by atoms with Crippen molar-refractivity contribution in [1.82, 2.24) is 4.98 Å². The van der Waals surface area contributed by atoms with Gasteiger partial charge in [-0.2, -0.15) is 0 Å². The first-order chi connectivity index (χ1) is 5.83. The van der Waals surface area contributed by atoms with E-state index in [4.69, 9.17) is 0 Å². The predicted octanol–water partition coefficient (Wildman–Crippen LogP) is 1.82. The van der Waals surface area contributed by atoms with Gasteiger partial charge >= 0.3 is 0 Å². The van der Waals surface area contributed by atoms with Crippen LogP contribution in [-0.2, 0) is 4.79 Å². The van der Waals surface area contributed by atoms with Gasteiger partial charge in [-0.05, 0) is 18.6 Å². The lowest BCUT2D eigenvalue weighted by molar-refractivity contribution is -0.116. The van der Waals surface area contributed by atoms with Gasteiger partial charge < -0.3 is 5.32 Å². The highest BCUT2D eigenvalue weighted by Crippen LogP contribution is 2.03. The summed E-state index contributed by atoms with van der Waals surface area (Å²) in [6, 6.07) is 3.54. The van der Waals surface area contributed by atoms with Crippen molar-refractivity contribution in [1.29, 1.82) is 0 Å². The largest absolute Gasteiger partial charge is 0.326 e. The van der Waals surface area contributed by atoms with Crippen LogP contribution in [0.25, 0.3) is 0 Å². The molecule has 3 nitrogen and oxygen atoms in total. The number of rotatable bonds is 3. The summed E-state index contributed by atoms with van der Waals surface area (Å²) in [6.07, 6.45) is 4.75. The number of hydrogen-bond acceptors (Lipinski definition) is 2. The van der Waals surface area contributed by atoms with Crippen molar-refractivity contribution < 1.29 is 4.79 Å². The average molecular weight is 164 g/mol. The van der Waals surface area contributed by atoms with Crippen LogP contribution >= 0.6 is 0 Å². The summed E-state index contributed by atoms with van der Waals surface area (Å²) < 4.78 is 0. The Hall–Kier alpha value is -1.38. The number of aromatic nitrogens is 1. The van der Waals surface area contributed by atoms with Gasteiger partial charge in [-0.1, -0.05) is 6.92 Å². The predicted molar refractivity (Wildman–Crippen MR) is 47.8 cm³/mol. The smallest absolute Gasteiger partial charge is 0.224 e. The summed E-state index contributed by atoms with van der Waals surface area (Å²) in [7, 11) is 0. The highest BCUT2D eigenvalue weighted by Gasteiger charge is 1.98. The van der Waals surface area contributed by atoms with E-state index >= 15 is 0 Å². The third-order valence-electron chi connectivity index (χ3n) is 1.44. The van der Waals surface area contributed by atoms with Crippen LogP contribution in [0.15, 0.2) is 24.5 Å². The summed E-state index contributed by atoms with van der Waals surface area (Å²) in [4.78, 5) is 14.9. The molecule has 0 fully saturated rings. The number of pyridine rings is 1. The Kier molecular flexibility index (Phi) is 3.26. The maximum Gasteiger partial charge on any atom is 0.224 e. The van der Waals surface area contributed by atoms with Crippen molar-refractivity contribution in [3.8, 4) is 0 Å². The number of hydrogen-bond donors (Lipinski definition) is 1. The van der Waals surface area contributed by atoms with Crippen LogP contribution in [-0.4, -0.2) is 10.9 Å². The van der Waals surface area contributed by atoms with E-state index in [1.54, 1.807) is 24.5 Å². The minimum absolute atomic E-state index is 0.0590. The molecule has 0 aliphatic rings. The second kappa shape index (κ2) is 4.49. The molecular weight excluding hydrogens is 152 g/mol. The topological polar surface area (TPSA) is 42.0 Å². The Bertz CT molecular complexity index is 246. The molecule has 1 heterocycles. The first-order valence-corrected chi connectivity index (χ1v) is 4.03. The van der Waals surface area contributed by atoms with Gasteiger partial charge in [0.05, 0.1) is 0 Å². The fourth-order valence-electron chi connectivity index (χ4n) is 0.886. The summed E-state index contributed by atoms with van der Waals surface area (Å²) in [5.41, 5.74) is 0.809. The molecule has 1 aromatic heterocycles. The molecule has 1 aromatic rings. The van der Waals surface area contributed by atoms with E-state index in [1.807, 2.05) is 6.92 Å². The normalized spacial score (nSPS) is 9.42. The van der Waals surface area contributed by atoms with Crippen molar-refractivity contribution in [3.63, 3.8) is 0 Å². The van der Waals surface area contributed by atoms with Gasteiger partial charge in [0.15, 0.2) is 0 Å². The fraction of sp³-hybridized carbons (Fsp3) is 0.333. The molecule has 0 spiro atoms. The molecule has 0 saturated carbocycles. The number of nitrogens with zero attached hydrogens (tertiary/aromatic N) is 1. The zero-order valence-corrected chi connectivity index (χ0v) is 7.08. The lowest BCUT2D eigenvalue weighted by Crippen LogP contribution is -2.10. The molecule has 0 aliphatic heterocycles. The standard InChI is InChI=1S/C9H12N2O/c1-2-3-9(12)11-8-4-6-10-7-5-8/h4-7H,2-3H2,1H3,(H,10,11,12). The number of nitrogens with one attached hydrogen (secondary N) is 1. The van der Waals surface area contributed by atoms with E-state index in [2.05, 4.69) is 10.3 Å². The lowest BCUT2D eigenvalue weighted by atomic mass is 10.3. The molecule has 0 saturated heterocycles. The van der Waals surface area contributed by atoms with Gasteiger partial charge in [0.2, 0.25) is 5.91 Å². The van der Waals surface area contributed by atoms with E-state index in [-0.39, 0.29) is 5.91 Å². The Morgan fingerprint density at radius 1 is 1.50 bits per heavy atom. The summed E-state index contributed by atoms with van der Waals surface area (Å²) in [5, 5.41) is 2.76. The minimum Gasteiger partial charge on any atom is -0.326 e. The first-order valence-electron chi connectivity index (χ1n) is 4.03. The Balaban J connectivity index is 2.47. The van der Waals surface area contributed by atoms with E-state index in [9.17, 15) is 4.79 Å². The molecule has 0 atom stereocenters. The molecule has 1 rings (SSSR count). The highest BCUT2D eigenvalue weighted by atomic mass is 16.1. The van der Waals surface area contributed by atoms with Crippen LogP contribution < -0.4 is 5.32 Å². The molecule has 3 heteroatoms. The molecular formula is C9H12N2O. The van der Waals surface area contributed by atoms with Gasteiger partial charge in [-0.15, -0.1) is 0 Å². The van der Waals surface area contributed by atoms with Gasteiger partial charge in [0.25, 0.3) is 0 Å². The third kappa shape index (κ3) is 2.70. The molecule has 0 aliphatic carbocycles. The average Bonchev–Trinajstić information content (AvgIpc) is 2.06. The van der Waals surface area contributed by atoms with Crippen LogP contribution in [0.5, 0.6) is 0 Å².